The second-order valence-corrected chi connectivity index (χ2v) is 6.96. The van der Waals surface area contributed by atoms with Gasteiger partial charge >= 0.3 is 5.97 Å². The lowest BCUT2D eigenvalue weighted by Gasteiger charge is -2.41. The van der Waals surface area contributed by atoms with E-state index in [1.165, 1.54) is 6.33 Å². The summed E-state index contributed by atoms with van der Waals surface area (Å²) in [7, 11) is 0. The Morgan fingerprint density at radius 1 is 1.12 bits per heavy atom. The van der Waals surface area contributed by atoms with E-state index in [4.69, 9.17) is 0 Å². The van der Waals surface area contributed by atoms with Crippen LogP contribution in [-0.4, -0.2) is 31.7 Å². The van der Waals surface area contributed by atoms with Crippen LogP contribution < -0.4 is 5.32 Å². The number of carbonyl (C=O) groups is 2. The van der Waals surface area contributed by atoms with Crippen molar-refractivity contribution in [3.63, 3.8) is 0 Å². The lowest BCUT2D eigenvalue weighted by Crippen LogP contribution is -2.47. The van der Waals surface area contributed by atoms with Crippen molar-refractivity contribution in [2.24, 2.45) is 23.7 Å². The Balaban J connectivity index is 1.45. The molecule has 3 aliphatic carbocycles. The van der Waals surface area contributed by atoms with Crippen LogP contribution in [-0.2, 0) is 16.1 Å². The van der Waals surface area contributed by atoms with Gasteiger partial charge in [0.2, 0.25) is 5.91 Å². The highest BCUT2D eigenvalue weighted by atomic mass is 16.4. The standard InChI is InChI=1S/C19H20N4O3/c24-18(16-13-3-5-14(6-4-13)17(16)19(25)26)22-15-7-1-12(2-8-15)9-23-11-20-10-21-23/h1-3,5,7-8,10-11,13-14,16-17H,4,6,9H2,(H,22,24)(H,25,26)/t13-,14+,16+,17+/m1/s1. The van der Waals surface area contributed by atoms with E-state index < -0.39 is 17.8 Å². The molecule has 1 fully saturated rings. The SMILES string of the molecule is O=C(Nc1ccc(Cn2cncn2)cc1)[C@@H]1[C@@H](C(=O)O)[C@H]2C=C[C@@H]1CC2. The van der Waals surface area contributed by atoms with Crippen LogP contribution >= 0.6 is 0 Å². The Morgan fingerprint density at radius 3 is 2.38 bits per heavy atom. The summed E-state index contributed by atoms with van der Waals surface area (Å²) in [5.74, 6) is -2.27. The number of anilines is 1. The maximum absolute atomic E-state index is 12.8. The lowest BCUT2D eigenvalue weighted by atomic mass is 9.62. The quantitative estimate of drug-likeness (QED) is 0.804. The average Bonchev–Trinajstić information content (AvgIpc) is 3.16. The van der Waals surface area contributed by atoms with Gasteiger partial charge in [0.25, 0.3) is 0 Å². The second kappa shape index (κ2) is 6.74. The molecule has 26 heavy (non-hydrogen) atoms. The molecule has 4 atom stereocenters. The summed E-state index contributed by atoms with van der Waals surface area (Å²) >= 11 is 0. The number of allylic oxidation sites excluding steroid dienone is 2. The number of carboxylic acids is 1. The number of hydrogen-bond donors (Lipinski definition) is 2. The van der Waals surface area contributed by atoms with Crippen molar-refractivity contribution < 1.29 is 14.7 Å². The van der Waals surface area contributed by atoms with Crippen molar-refractivity contribution in [3.05, 3.63) is 54.6 Å². The van der Waals surface area contributed by atoms with E-state index in [2.05, 4.69) is 15.4 Å². The molecule has 0 aliphatic heterocycles. The van der Waals surface area contributed by atoms with Gasteiger partial charge in [-0.1, -0.05) is 24.3 Å². The van der Waals surface area contributed by atoms with Gasteiger partial charge in [0.1, 0.15) is 12.7 Å². The van der Waals surface area contributed by atoms with Gasteiger partial charge < -0.3 is 10.4 Å². The van der Waals surface area contributed by atoms with Crippen LogP contribution in [0.3, 0.4) is 0 Å². The minimum atomic E-state index is -0.882. The van der Waals surface area contributed by atoms with Crippen molar-refractivity contribution in [1.29, 1.82) is 0 Å². The first kappa shape index (κ1) is 16.5. The van der Waals surface area contributed by atoms with Crippen molar-refractivity contribution in [2.75, 3.05) is 5.32 Å². The zero-order valence-corrected chi connectivity index (χ0v) is 14.2. The van der Waals surface area contributed by atoms with E-state index >= 15 is 0 Å². The monoisotopic (exact) mass is 352 g/mol. The Labute approximate surface area is 150 Å². The number of hydrogen-bond acceptors (Lipinski definition) is 4. The van der Waals surface area contributed by atoms with Gasteiger partial charge in [0, 0.05) is 5.69 Å². The molecule has 1 heterocycles. The topological polar surface area (TPSA) is 97.1 Å². The van der Waals surface area contributed by atoms with Crippen LogP contribution in [0.2, 0.25) is 0 Å². The molecule has 1 amide bonds. The molecule has 0 unspecified atom stereocenters. The minimum absolute atomic E-state index is 0.00712. The van der Waals surface area contributed by atoms with E-state index in [0.717, 1.165) is 18.4 Å². The fourth-order valence-corrected chi connectivity index (χ4v) is 4.11. The molecule has 0 saturated heterocycles. The van der Waals surface area contributed by atoms with Crippen LogP contribution in [0.1, 0.15) is 18.4 Å². The summed E-state index contributed by atoms with van der Waals surface area (Å²) in [6.45, 7) is 0.604. The van der Waals surface area contributed by atoms with Gasteiger partial charge in [-0.25, -0.2) is 9.67 Å². The third kappa shape index (κ3) is 3.12. The third-order valence-corrected chi connectivity index (χ3v) is 5.37. The Hall–Kier alpha value is -2.96. The van der Waals surface area contributed by atoms with Gasteiger partial charge in [0.05, 0.1) is 18.4 Å². The Bertz CT molecular complexity index is 829. The first-order valence-corrected chi connectivity index (χ1v) is 8.75. The number of nitrogens with one attached hydrogen (secondary N) is 1. The zero-order chi connectivity index (χ0) is 18.1. The number of aromatic nitrogens is 3. The molecule has 2 N–H and O–H groups in total. The van der Waals surface area contributed by atoms with Crippen molar-refractivity contribution in [2.45, 2.75) is 19.4 Å². The van der Waals surface area contributed by atoms with Gasteiger partial charge in [-0.15, -0.1) is 0 Å². The number of benzene rings is 1. The Morgan fingerprint density at radius 2 is 1.81 bits per heavy atom. The molecule has 1 aromatic carbocycles. The predicted molar refractivity (Wildman–Crippen MR) is 94.2 cm³/mol. The summed E-state index contributed by atoms with van der Waals surface area (Å²) in [5.41, 5.74) is 1.71. The fourth-order valence-electron chi connectivity index (χ4n) is 4.11. The van der Waals surface area contributed by atoms with Crippen LogP contribution in [0.15, 0.2) is 49.1 Å². The molecule has 1 saturated carbocycles. The molecule has 2 bridgehead atoms. The number of aliphatic carboxylic acids is 1. The molecule has 3 aliphatic rings. The van der Waals surface area contributed by atoms with E-state index in [0.29, 0.717) is 12.2 Å². The molecule has 2 aromatic rings. The number of fused-ring (bicyclic) bond motifs is 2. The number of rotatable bonds is 5. The van der Waals surface area contributed by atoms with E-state index in [-0.39, 0.29) is 17.7 Å². The maximum Gasteiger partial charge on any atom is 0.307 e. The number of nitrogens with zero attached hydrogens (tertiary/aromatic N) is 3. The molecule has 0 spiro atoms. The predicted octanol–water partition coefficient (Wildman–Crippen LogP) is 2.18. The van der Waals surface area contributed by atoms with Crippen molar-refractivity contribution in [1.82, 2.24) is 14.8 Å². The van der Waals surface area contributed by atoms with E-state index in [1.807, 2.05) is 36.4 Å². The lowest BCUT2D eigenvalue weighted by molar-refractivity contribution is -0.151. The highest BCUT2D eigenvalue weighted by molar-refractivity contribution is 5.96. The zero-order valence-electron chi connectivity index (χ0n) is 14.2. The first-order chi connectivity index (χ1) is 12.6. The number of amides is 1. The molecule has 7 heteroatoms. The molecule has 1 aromatic heterocycles. The van der Waals surface area contributed by atoms with Gasteiger partial charge in [0.15, 0.2) is 0 Å². The summed E-state index contributed by atoms with van der Waals surface area (Å²) < 4.78 is 1.72. The summed E-state index contributed by atoms with van der Waals surface area (Å²) in [6.07, 6.45) is 8.83. The molecular weight excluding hydrogens is 332 g/mol. The smallest absolute Gasteiger partial charge is 0.307 e. The molecule has 134 valence electrons. The van der Waals surface area contributed by atoms with Crippen LogP contribution in [0, 0.1) is 23.7 Å². The van der Waals surface area contributed by atoms with Gasteiger partial charge in [-0.2, -0.15) is 5.10 Å². The largest absolute Gasteiger partial charge is 0.481 e. The van der Waals surface area contributed by atoms with Crippen molar-refractivity contribution in [3.8, 4) is 0 Å². The molecule has 7 nitrogen and oxygen atoms in total. The third-order valence-electron chi connectivity index (χ3n) is 5.37. The molecule has 0 radical (unpaired) electrons. The maximum atomic E-state index is 12.8. The molecule has 5 rings (SSSR count). The number of carbonyl (C=O) groups excluding carboxylic acids is 1. The van der Waals surface area contributed by atoms with Crippen molar-refractivity contribution >= 4 is 17.6 Å². The summed E-state index contributed by atoms with van der Waals surface area (Å²) in [5, 5.41) is 16.5. The van der Waals surface area contributed by atoms with E-state index in [1.54, 1.807) is 11.0 Å². The van der Waals surface area contributed by atoms with Gasteiger partial charge in [-0.3, -0.25) is 9.59 Å². The second-order valence-electron chi connectivity index (χ2n) is 6.96. The Kier molecular flexibility index (Phi) is 4.28. The highest BCUT2D eigenvalue weighted by Gasteiger charge is 2.48. The minimum Gasteiger partial charge on any atom is -0.481 e. The summed E-state index contributed by atoms with van der Waals surface area (Å²) in [4.78, 5) is 28.4. The average molecular weight is 352 g/mol. The normalized spacial score (nSPS) is 26.6. The number of carboxylic acid groups (broad SMARTS) is 1. The van der Waals surface area contributed by atoms with Crippen LogP contribution in [0.4, 0.5) is 5.69 Å². The van der Waals surface area contributed by atoms with Crippen LogP contribution in [0.5, 0.6) is 0 Å². The fraction of sp³-hybridized carbons (Fsp3) is 0.368. The first-order valence-electron chi connectivity index (χ1n) is 8.75. The van der Waals surface area contributed by atoms with Crippen LogP contribution in [0.25, 0.3) is 0 Å². The van der Waals surface area contributed by atoms with Gasteiger partial charge in [-0.05, 0) is 42.4 Å². The summed E-state index contributed by atoms with van der Waals surface area (Å²) in [6, 6.07) is 7.49. The van der Waals surface area contributed by atoms with E-state index in [9.17, 15) is 14.7 Å². The highest BCUT2D eigenvalue weighted by Crippen LogP contribution is 2.45. The molecular formula is C19H20N4O3.